The van der Waals surface area contributed by atoms with Crippen LogP contribution in [0.25, 0.3) is 0 Å². The summed E-state index contributed by atoms with van der Waals surface area (Å²) in [7, 11) is 4.24. The highest BCUT2D eigenvalue weighted by Gasteiger charge is 2.16. The van der Waals surface area contributed by atoms with Crippen molar-refractivity contribution in [3.8, 4) is 0 Å². The Bertz CT molecular complexity index is 308. The number of hydrogen-bond donors (Lipinski definition) is 1. The van der Waals surface area contributed by atoms with Gasteiger partial charge in [-0.15, -0.1) is 0 Å². The molecule has 0 heterocycles. The summed E-state index contributed by atoms with van der Waals surface area (Å²) >= 11 is 3.46. The first kappa shape index (κ1) is 13.7. The number of rotatable bonds is 5. The van der Waals surface area contributed by atoms with Crippen LogP contribution in [0.2, 0.25) is 0 Å². The molecular formula is C13H21BrN2. The third-order valence-corrected chi connectivity index (χ3v) is 3.43. The summed E-state index contributed by atoms with van der Waals surface area (Å²) in [4.78, 5) is 2.26. The molecule has 16 heavy (non-hydrogen) atoms. The largest absolute Gasteiger partial charge is 0.330 e. The number of hydrogen-bond acceptors (Lipinski definition) is 2. The van der Waals surface area contributed by atoms with Gasteiger partial charge in [0, 0.05) is 10.5 Å². The standard InChI is InChI=1S/C13H21BrN2/c1-10(9-15)8-13(16(2)3)11-4-6-12(14)7-5-11/h4-7,10,13H,8-9,15H2,1-3H3. The van der Waals surface area contributed by atoms with Crippen LogP contribution in [-0.4, -0.2) is 25.5 Å². The molecule has 2 atom stereocenters. The maximum Gasteiger partial charge on any atom is 0.0345 e. The lowest BCUT2D eigenvalue weighted by Crippen LogP contribution is -2.24. The lowest BCUT2D eigenvalue weighted by atomic mass is 9.95. The molecule has 3 heteroatoms. The zero-order valence-corrected chi connectivity index (χ0v) is 11.9. The van der Waals surface area contributed by atoms with Crippen LogP contribution < -0.4 is 5.73 Å². The van der Waals surface area contributed by atoms with E-state index in [0.717, 1.165) is 17.4 Å². The third-order valence-electron chi connectivity index (χ3n) is 2.91. The van der Waals surface area contributed by atoms with Crippen molar-refractivity contribution < 1.29 is 0 Å². The minimum Gasteiger partial charge on any atom is -0.330 e. The summed E-state index contributed by atoms with van der Waals surface area (Å²) in [6, 6.07) is 9.00. The molecule has 0 fully saturated rings. The van der Waals surface area contributed by atoms with E-state index in [1.165, 1.54) is 5.56 Å². The molecule has 0 aliphatic carbocycles. The molecule has 2 nitrogen and oxygen atoms in total. The topological polar surface area (TPSA) is 29.3 Å². The van der Waals surface area contributed by atoms with E-state index < -0.39 is 0 Å². The van der Waals surface area contributed by atoms with Crippen LogP contribution in [0.1, 0.15) is 24.9 Å². The summed E-state index contributed by atoms with van der Waals surface area (Å²) in [6.45, 7) is 2.95. The second kappa shape index (κ2) is 6.38. The zero-order chi connectivity index (χ0) is 12.1. The fraction of sp³-hybridized carbons (Fsp3) is 0.538. The normalized spacial score (nSPS) is 15.1. The maximum absolute atomic E-state index is 5.70. The molecular weight excluding hydrogens is 264 g/mol. The van der Waals surface area contributed by atoms with Crippen LogP contribution in [0.15, 0.2) is 28.7 Å². The number of halogens is 1. The fourth-order valence-electron chi connectivity index (χ4n) is 1.81. The van der Waals surface area contributed by atoms with Gasteiger partial charge in [0.25, 0.3) is 0 Å². The lowest BCUT2D eigenvalue weighted by Gasteiger charge is -2.27. The molecule has 0 bridgehead atoms. The van der Waals surface area contributed by atoms with Gasteiger partial charge in [-0.05, 0) is 50.7 Å². The summed E-state index contributed by atoms with van der Waals surface area (Å²) in [5.41, 5.74) is 7.05. The van der Waals surface area contributed by atoms with Gasteiger partial charge in [0.05, 0.1) is 0 Å². The first-order valence-corrected chi connectivity index (χ1v) is 6.45. The van der Waals surface area contributed by atoms with E-state index in [9.17, 15) is 0 Å². The van der Waals surface area contributed by atoms with Crippen LogP contribution in [0.3, 0.4) is 0 Å². The summed E-state index contributed by atoms with van der Waals surface area (Å²) in [5.74, 6) is 0.552. The predicted octanol–water partition coefficient (Wildman–Crippen LogP) is 3.04. The van der Waals surface area contributed by atoms with E-state index >= 15 is 0 Å². The van der Waals surface area contributed by atoms with Gasteiger partial charge < -0.3 is 10.6 Å². The number of benzene rings is 1. The van der Waals surface area contributed by atoms with Gasteiger partial charge in [-0.25, -0.2) is 0 Å². The Kier molecular flexibility index (Phi) is 5.46. The minimum atomic E-state index is 0.451. The molecule has 1 aromatic rings. The number of nitrogens with zero attached hydrogens (tertiary/aromatic N) is 1. The van der Waals surface area contributed by atoms with Crippen molar-refractivity contribution in [2.45, 2.75) is 19.4 Å². The van der Waals surface area contributed by atoms with Gasteiger partial charge in [0.15, 0.2) is 0 Å². The van der Waals surface area contributed by atoms with Crippen LogP contribution >= 0.6 is 15.9 Å². The third kappa shape index (κ3) is 3.89. The molecule has 0 amide bonds. The molecule has 0 aliphatic rings. The zero-order valence-electron chi connectivity index (χ0n) is 10.3. The fourth-order valence-corrected chi connectivity index (χ4v) is 2.07. The average Bonchev–Trinajstić information content (AvgIpc) is 2.26. The smallest absolute Gasteiger partial charge is 0.0345 e. The monoisotopic (exact) mass is 284 g/mol. The van der Waals surface area contributed by atoms with E-state index in [0.29, 0.717) is 12.0 Å². The molecule has 0 radical (unpaired) electrons. The van der Waals surface area contributed by atoms with Gasteiger partial charge in [0.1, 0.15) is 0 Å². The molecule has 0 saturated heterocycles. The van der Waals surface area contributed by atoms with E-state index in [-0.39, 0.29) is 0 Å². The van der Waals surface area contributed by atoms with E-state index in [1.54, 1.807) is 0 Å². The van der Waals surface area contributed by atoms with Crippen molar-refractivity contribution in [2.24, 2.45) is 11.7 Å². The molecule has 2 unspecified atom stereocenters. The Hall–Kier alpha value is -0.380. The average molecular weight is 285 g/mol. The maximum atomic E-state index is 5.70. The van der Waals surface area contributed by atoms with Crippen molar-refractivity contribution >= 4 is 15.9 Å². The van der Waals surface area contributed by atoms with Gasteiger partial charge in [-0.2, -0.15) is 0 Å². The minimum absolute atomic E-state index is 0.451. The molecule has 1 aromatic carbocycles. The molecule has 0 saturated carbocycles. The molecule has 0 spiro atoms. The van der Waals surface area contributed by atoms with Gasteiger partial charge in [-0.3, -0.25) is 0 Å². The van der Waals surface area contributed by atoms with Crippen molar-refractivity contribution in [1.82, 2.24) is 4.90 Å². The SMILES string of the molecule is CC(CN)CC(c1ccc(Br)cc1)N(C)C. The van der Waals surface area contributed by atoms with E-state index in [2.05, 4.69) is 66.1 Å². The molecule has 1 rings (SSSR count). The Morgan fingerprint density at radius 3 is 2.25 bits per heavy atom. The quantitative estimate of drug-likeness (QED) is 0.901. The first-order chi connectivity index (χ1) is 7.54. The highest BCUT2D eigenvalue weighted by molar-refractivity contribution is 9.10. The van der Waals surface area contributed by atoms with Crippen molar-refractivity contribution in [3.63, 3.8) is 0 Å². The van der Waals surface area contributed by atoms with Gasteiger partial charge in [-0.1, -0.05) is 35.0 Å². The summed E-state index contributed by atoms with van der Waals surface area (Å²) < 4.78 is 1.13. The second-order valence-corrected chi connectivity index (χ2v) is 5.52. The highest BCUT2D eigenvalue weighted by Crippen LogP contribution is 2.26. The first-order valence-electron chi connectivity index (χ1n) is 5.66. The van der Waals surface area contributed by atoms with Crippen LogP contribution in [0, 0.1) is 5.92 Å². The van der Waals surface area contributed by atoms with Crippen LogP contribution in [0.4, 0.5) is 0 Å². The van der Waals surface area contributed by atoms with E-state index in [1.807, 2.05) is 0 Å². The summed E-state index contributed by atoms with van der Waals surface area (Å²) in [6.07, 6.45) is 1.10. The molecule has 90 valence electrons. The van der Waals surface area contributed by atoms with Crippen LogP contribution in [0.5, 0.6) is 0 Å². The Morgan fingerprint density at radius 2 is 1.81 bits per heavy atom. The van der Waals surface area contributed by atoms with E-state index in [4.69, 9.17) is 5.73 Å². The summed E-state index contributed by atoms with van der Waals surface area (Å²) in [5, 5.41) is 0. The second-order valence-electron chi connectivity index (χ2n) is 4.61. The van der Waals surface area contributed by atoms with Crippen LogP contribution in [-0.2, 0) is 0 Å². The van der Waals surface area contributed by atoms with Crippen molar-refractivity contribution in [2.75, 3.05) is 20.6 Å². The van der Waals surface area contributed by atoms with Crippen molar-refractivity contribution in [1.29, 1.82) is 0 Å². The molecule has 0 aliphatic heterocycles. The number of nitrogens with two attached hydrogens (primary N) is 1. The Balaban J connectivity index is 2.81. The van der Waals surface area contributed by atoms with Gasteiger partial charge >= 0.3 is 0 Å². The Labute approximate surface area is 107 Å². The molecule has 2 N–H and O–H groups in total. The lowest BCUT2D eigenvalue weighted by molar-refractivity contribution is 0.255. The predicted molar refractivity (Wildman–Crippen MR) is 73.4 cm³/mol. The Morgan fingerprint density at radius 1 is 1.25 bits per heavy atom. The van der Waals surface area contributed by atoms with Crippen molar-refractivity contribution in [3.05, 3.63) is 34.3 Å². The van der Waals surface area contributed by atoms with Gasteiger partial charge in [0.2, 0.25) is 0 Å². The highest BCUT2D eigenvalue weighted by atomic mass is 79.9. The molecule has 0 aromatic heterocycles.